The molecule has 0 aliphatic carbocycles. The SMILES string of the molecule is CNC(Cc1ccc(Cl)s1)C(OC)c1ccccc1. The van der Waals surface area contributed by atoms with Crippen molar-refractivity contribution < 1.29 is 4.74 Å². The van der Waals surface area contributed by atoms with Gasteiger partial charge in [-0.1, -0.05) is 41.9 Å². The van der Waals surface area contributed by atoms with Crippen LogP contribution in [0.25, 0.3) is 0 Å². The van der Waals surface area contributed by atoms with E-state index in [0.29, 0.717) is 0 Å². The summed E-state index contributed by atoms with van der Waals surface area (Å²) >= 11 is 7.61. The molecule has 2 unspecified atom stereocenters. The lowest BCUT2D eigenvalue weighted by molar-refractivity contribution is 0.0706. The monoisotopic (exact) mass is 295 g/mol. The third kappa shape index (κ3) is 3.80. The lowest BCUT2D eigenvalue weighted by Gasteiger charge is -2.25. The van der Waals surface area contributed by atoms with Gasteiger partial charge in [0.15, 0.2) is 0 Å². The molecular formula is C15H18ClNOS. The fourth-order valence-corrected chi connectivity index (χ4v) is 3.36. The molecule has 2 rings (SSSR count). The highest BCUT2D eigenvalue weighted by Gasteiger charge is 2.22. The number of methoxy groups -OCH3 is 1. The topological polar surface area (TPSA) is 21.3 Å². The second kappa shape index (κ2) is 7.06. The molecule has 0 spiro atoms. The predicted molar refractivity (Wildman–Crippen MR) is 82.1 cm³/mol. The Labute approximate surface area is 123 Å². The fraction of sp³-hybridized carbons (Fsp3) is 0.333. The molecule has 1 aromatic heterocycles. The largest absolute Gasteiger partial charge is 0.375 e. The first-order chi connectivity index (χ1) is 9.24. The van der Waals surface area contributed by atoms with Crippen molar-refractivity contribution in [3.63, 3.8) is 0 Å². The van der Waals surface area contributed by atoms with Crippen molar-refractivity contribution >= 4 is 22.9 Å². The minimum absolute atomic E-state index is 0.0343. The molecule has 1 N–H and O–H groups in total. The van der Waals surface area contributed by atoms with Crippen LogP contribution in [0.5, 0.6) is 0 Å². The summed E-state index contributed by atoms with van der Waals surface area (Å²) in [4.78, 5) is 1.27. The Morgan fingerprint density at radius 1 is 1.21 bits per heavy atom. The van der Waals surface area contributed by atoms with Crippen molar-refractivity contribution in [3.8, 4) is 0 Å². The minimum atomic E-state index is 0.0343. The lowest BCUT2D eigenvalue weighted by atomic mass is 9.99. The first kappa shape index (κ1) is 14.5. The molecule has 1 aromatic carbocycles. The van der Waals surface area contributed by atoms with Gasteiger partial charge in [0.2, 0.25) is 0 Å². The molecule has 0 radical (unpaired) electrons. The maximum Gasteiger partial charge on any atom is 0.0977 e. The van der Waals surface area contributed by atoms with Crippen LogP contribution in [0.3, 0.4) is 0 Å². The van der Waals surface area contributed by atoms with Gasteiger partial charge in [0.1, 0.15) is 0 Å². The normalized spacial score (nSPS) is 14.3. The Balaban J connectivity index is 2.15. The first-order valence-electron chi connectivity index (χ1n) is 6.24. The first-order valence-corrected chi connectivity index (χ1v) is 7.43. The Morgan fingerprint density at radius 3 is 2.47 bits per heavy atom. The zero-order valence-corrected chi connectivity index (χ0v) is 12.7. The second-order valence-corrected chi connectivity index (χ2v) is 6.17. The number of rotatable bonds is 6. The van der Waals surface area contributed by atoms with E-state index in [1.54, 1.807) is 18.4 Å². The summed E-state index contributed by atoms with van der Waals surface area (Å²) in [6.07, 6.45) is 0.938. The van der Waals surface area contributed by atoms with E-state index in [4.69, 9.17) is 16.3 Å². The van der Waals surface area contributed by atoms with Gasteiger partial charge in [0, 0.05) is 18.0 Å². The van der Waals surface area contributed by atoms with E-state index in [1.807, 2.05) is 31.3 Å². The molecule has 0 aliphatic rings. The zero-order chi connectivity index (χ0) is 13.7. The quantitative estimate of drug-likeness (QED) is 0.872. The molecule has 0 saturated carbocycles. The number of ether oxygens (including phenoxy) is 1. The second-order valence-electron chi connectivity index (χ2n) is 4.37. The van der Waals surface area contributed by atoms with Crippen molar-refractivity contribution in [1.82, 2.24) is 5.32 Å². The Morgan fingerprint density at radius 2 is 1.95 bits per heavy atom. The summed E-state index contributed by atoms with van der Waals surface area (Å²) in [7, 11) is 3.72. The van der Waals surface area contributed by atoms with Gasteiger partial charge in [-0.3, -0.25) is 0 Å². The van der Waals surface area contributed by atoms with Crippen LogP contribution < -0.4 is 5.32 Å². The molecule has 0 saturated heterocycles. The van der Waals surface area contributed by atoms with Crippen molar-refractivity contribution in [3.05, 3.63) is 57.2 Å². The number of benzene rings is 1. The van der Waals surface area contributed by atoms with E-state index >= 15 is 0 Å². The van der Waals surface area contributed by atoms with Crippen LogP contribution in [0.1, 0.15) is 16.5 Å². The summed E-state index contributed by atoms with van der Waals surface area (Å²) in [5.74, 6) is 0. The summed E-state index contributed by atoms with van der Waals surface area (Å²) in [5, 5.41) is 3.35. The molecule has 1 heterocycles. The predicted octanol–water partition coefficient (Wildman–Crippen LogP) is 3.92. The van der Waals surface area contributed by atoms with Gasteiger partial charge in [-0.25, -0.2) is 0 Å². The molecule has 0 aliphatic heterocycles. The van der Waals surface area contributed by atoms with Gasteiger partial charge in [0.05, 0.1) is 10.4 Å². The molecular weight excluding hydrogens is 278 g/mol. The van der Waals surface area contributed by atoms with Crippen LogP contribution in [0, 0.1) is 0 Å². The molecule has 0 fully saturated rings. The fourth-order valence-electron chi connectivity index (χ4n) is 2.21. The third-order valence-corrected chi connectivity index (χ3v) is 4.42. The average molecular weight is 296 g/mol. The number of nitrogens with one attached hydrogen (secondary N) is 1. The number of hydrogen-bond acceptors (Lipinski definition) is 3. The molecule has 2 aromatic rings. The maximum absolute atomic E-state index is 5.98. The van der Waals surface area contributed by atoms with Crippen LogP contribution in [0.15, 0.2) is 42.5 Å². The third-order valence-electron chi connectivity index (χ3n) is 3.17. The summed E-state index contributed by atoms with van der Waals surface area (Å²) < 4.78 is 6.51. The van der Waals surface area contributed by atoms with Crippen LogP contribution in [0.2, 0.25) is 4.34 Å². The zero-order valence-electron chi connectivity index (χ0n) is 11.1. The standard InChI is InChI=1S/C15H18ClNOS/c1-17-13(10-12-8-9-14(16)19-12)15(18-2)11-6-4-3-5-7-11/h3-9,13,15,17H,10H2,1-2H3. The highest BCUT2D eigenvalue weighted by molar-refractivity contribution is 7.16. The molecule has 2 atom stereocenters. The van der Waals surface area contributed by atoms with Crippen LogP contribution in [-0.4, -0.2) is 20.2 Å². The molecule has 4 heteroatoms. The Hall–Kier alpha value is -0.870. The molecule has 2 nitrogen and oxygen atoms in total. The van der Waals surface area contributed by atoms with E-state index in [-0.39, 0.29) is 12.1 Å². The number of thiophene rings is 1. The molecule has 0 bridgehead atoms. The van der Waals surface area contributed by atoms with Crippen molar-refractivity contribution in [1.29, 1.82) is 0 Å². The van der Waals surface area contributed by atoms with Gasteiger partial charge in [-0.05, 0) is 31.2 Å². The molecule has 102 valence electrons. The van der Waals surface area contributed by atoms with Crippen LogP contribution in [0.4, 0.5) is 0 Å². The van der Waals surface area contributed by atoms with Gasteiger partial charge in [-0.15, -0.1) is 11.3 Å². The average Bonchev–Trinajstić information content (AvgIpc) is 2.85. The maximum atomic E-state index is 5.98. The summed E-state index contributed by atoms with van der Waals surface area (Å²) in [5.41, 5.74) is 1.19. The minimum Gasteiger partial charge on any atom is -0.375 e. The lowest BCUT2D eigenvalue weighted by Crippen LogP contribution is -2.35. The van der Waals surface area contributed by atoms with E-state index in [0.717, 1.165) is 10.8 Å². The Kier molecular flexibility index (Phi) is 5.40. The van der Waals surface area contributed by atoms with E-state index in [9.17, 15) is 0 Å². The summed E-state index contributed by atoms with van der Waals surface area (Å²) in [6, 6.07) is 14.5. The van der Waals surface area contributed by atoms with Crippen LogP contribution >= 0.6 is 22.9 Å². The van der Waals surface area contributed by atoms with Crippen molar-refractivity contribution in [2.24, 2.45) is 0 Å². The van der Waals surface area contributed by atoms with E-state index < -0.39 is 0 Å². The van der Waals surface area contributed by atoms with Gasteiger partial charge in [-0.2, -0.15) is 0 Å². The highest BCUT2D eigenvalue weighted by atomic mass is 35.5. The number of halogens is 1. The Bertz CT molecular complexity index is 500. The van der Waals surface area contributed by atoms with Gasteiger partial charge in [0.25, 0.3) is 0 Å². The highest BCUT2D eigenvalue weighted by Crippen LogP contribution is 2.27. The van der Waals surface area contributed by atoms with Gasteiger partial charge >= 0.3 is 0 Å². The number of likely N-dealkylation sites (N-methyl/N-ethyl adjacent to an activating group) is 1. The van der Waals surface area contributed by atoms with Crippen LogP contribution in [-0.2, 0) is 11.2 Å². The van der Waals surface area contributed by atoms with E-state index in [2.05, 4.69) is 23.5 Å². The smallest absolute Gasteiger partial charge is 0.0977 e. The van der Waals surface area contributed by atoms with Crippen molar-refractivity contribution in [2.75, 3.05) is 14.2 Å². The molecule has 19 heavy (non-hydrogen) atoms. The summed E-state index contributed by atoms with van der Waals surface area (Å²) in [6.45, 7) is 0. The van der Waals surface area contributed by atoms with Gasteiger partial charge < -0.3 is 10.1 Å². The molecule has 0 amide bonds. The van der Waals surface area contributed by atoms with E-state index in [1.165, 1.54) is 10.4 Å². The van der Waals surface area contributed by atoms with Crippen molar-refractivity contribution in [2.45, 2.75) is 18.6 Å². The number of hydrogen-bond donors (Lipinski definition) is 1.